The zero-order chi connectivity index (χ0) is 15.2. The van der Waals surface area contributed by atoms with E-state index in [2.05, 4.69) is 0 Å². The summed E-state index contributed by atoms with van der Waals surface area (Å²) in [6.45, 7) is 9.43. The molecular formula is C14H27NO5. The number of rotatable bonds is 5. The van der Waals surface area contributed by atoms with Crippen LogP contribution in [0.5, 0.6) is 0 Å². The summed E-state index contributed by atoms with van der Waals surface area (Å²) in [4.78, 5) is 13.7. The Bertz CT molecular complexity index is 302. The van der Waals surface area contributed by atoms with Crippen LogP contribution in [-0.2, 0) is 14.2 Å². The number of aliphatic hydroxyl groups is 1. The van der Waals surface area contributed by atoms with Gasteiger partial charge in [-0.25, -0.2) is 4.79 Å². The van der Waals surface area contributed by atoms with Crippen molar-refractivity contribution in [2.24, 2.45) is 0 Å². The summed E-state index contributed by atoms with van der Waals surface area (Å²) in [5.74, 6) is 0. The molecule has 20 heavy (non-hydrogen) atoms. The fourth-order valence-corrected chi connectivity index (χ4v) is 1.95. The summed E-state index contributed by atoms with van der Waals surface area (Å²) in [5, 5.41) is 10.2. The lowest BCUT2D eigenvalue weighted by atomic mass is 10.1. The molecular weight excluding hydrogens is 262 g/mol. The lowest BCUT2D eigenvalue weighted by molar-refractivity contribution is -0.0841. The van der Waals surface area contributed by atoms with Gasteiger partial charge in [0.05, 0.1) is 25.9 Å². The van der Waals surface area contributed by atoms with Gasteiger partial charge in [-0.05, 0) is 27.2 Å². The third-order valence-corrected chi connectivity index (χ3v) is 2.87. The summed E-state index contributed by atoms with van der Waals surface area (Å²) < 4.78 is 16.1. The largest absolute Gasteiger partial charge is 0.444 e. The molecule has 1 saturated heterocycles. The van der Waals surface area contributed by atoms with Crippen molar-refractivity contribution < 1.29 is 24.1 Å². The van der Waals surface area contributed by atoms with Gasteiger partial charge in [0.15, 0.2) is 0 Å². The van der Waals surface area contributed by atoms with Crippen LogP contribution in [0.2, 0.25) is 0 Å². The Balaban J connectivity index is 2.59. The molecule has 0 aromatic carbocycles. The maximum Gasteiger partial charge on any atom is 0.410 e. The van der Waals surface area contributed by atoms with Gasteiger partial charge in [-0.3, -0.25) is 4.90 Å². The predicted molar refractivity (Wildman–Crippen MR) is 74.7 cm³/mol. The number of amides is 1. The highest BCUT2D eigenvalue weighted by Crippen LogP contribution is 2.17. The number of carbonyl (C=O) groups is 1. The number of carbonyl (C=O) groups excluding carboxylic acids is 1. The molecule has 1 rings (SSSR count). The standard InChI is InChI=1S/C14H27NO5/c1-5-7-18-10-12(16)11-9-19-8-6-15(11)13(17)20-14(2,3)4/h11-12,16H,5-10H2,1-4H3. The van der Waals surface area contributed by atoms with E-state index < -0.39 is 23.8 Å². The summed E-state index contributed by atoms with van der Waals surface area (Å²) in [5.41, 5.74) is -0.552. The Hall–Kier alpha value is -0.850. The van der Waals surface area contributed by atoms with Gasteiger partial charge >= 0.3 is 6.09 Å². The van der Waals surface area contributed by atoms with Crippen LogP contribution in [-0.4, -0.2) is 66.8 Å². The normalized spacial score (nSPS) is 21.6. The fraction of sp³-hybridized carbons (Fsp3) is 0.929. The second kappa shape index (κ2) is 7.81. The molecule has 6 heteroatoms. The Kier molecular flexibility index (Phi) is 6.71. The topological polar surface area (TPSA) is 68.2 Å². The molecule has 0 aliphatic carbocycles. The maximum absolute atomic E-state index is 12.2. The van der Waals surface area contributed by atoms with Gasteiger partial charge in [0, 0.05) is 13.2 Å². The first-order chi connectivity index (χ1) is 9.35. The molecule has 0 spiro atoms. The van der Waals surface area contributed by atoms with E-state index in [1.807, 2.05) is 27.7 Å². The van der Waals surface area contributed by atoms with Gasteiger partial charge in [-0.15, -0.1) is 0 Å². The average Bonchev–Trinajstić information content (AvgIpc) is 2.37. The highest BCUT2D eigenvalue weighted by molar-refractivity contribution is 5.68. The number of hydrogen-bond acceptors (Lipinski definition) is 5. The minimum Gasteiger partial charge on any atom is -0.444 e. The summed E-state index contributed by atoms with van der Waals surface area (Å²) in [6, 6.07) is -0.421. The Labute approximate surface area is 121 Å². The van der Waals surface area contributed by atoms with Crippen molar-refractivity contribution in [3.63, 3.8) is 0 Å². The molecule has 2 atom stereocenters. The van der Waals surface area contributed by atoms with Gasteiger partial charge in [0.2, 0.25) is 0 Å². The second-order valence-electron chi connectivity index (χ2n) is 5.96. The minimum absolute atomic E-state index is 0.196. The third kappa shape index (κ3) is 5.64. The van der Waals surface area contributed by atoms with Crippen LogP contribution < -0.4 is 0 Å². The van der Waals surface area contributed by atoms with Gasteiger partial charge < -0.3 is 19.3 Å². The van der Waals surface area contributed by atoms with Gasteiger partial charge in [0.25, 0.3) is 0 Å². The summed E-state index contributed by atoms with van der Waals surface area (Å²) >= 11 is 0. The van der Waals surface area contributed by atoms with Crippen molar-refractivity contribution in [2.45, 2.75) is 51.9 Å². The van der Waals surface area contributed by atoms with E-state index in [1.54, 1.807) is 0 Å². The van der Waals surface area contributed by atoms with Crippen molar-refractivity contribution >= 4 is 6.09 Å². The molecule has 1 aliphatic rings. The van der Waals surface area contributed by atoms with Crippen LogP contribution in [0.15, 0.2) is 0 Å². The van der Waals surface area contributed by atoms with E-state index in [0.29, 0.717) is 26.4 Å². The Morgan fingerprint density at radius 2 is 2.20 bits per heavy atom. The van der Waals surface area contributed by atoms with Crippen LogP contribution in [0.3, 0.4) is 0 Å². The molecule has 0 aromatic heterocycles. The van der Waals surface area contributed by atoms with Crippen molar-refractivity contribution in [1.82, 2.24) is 4.90 Å². The van der Waals surface area contributed by atoms with E-state index in [1.165, 1.54) is 4.90 Å². The number of ether oxygens (including phenoxy) is 3. The van der Waals surface area contributed by atoms with Crippen molar-refractivity contribution in [2.75, 3.05) is 33.0 Å². The Morgan fingerprint density at radius 3 is 2.80 bits per heavy atom. The fourth-order valence-electron chi connectivity index (χ4n) is 1.95. The van der Waals surface area contributed by atoms with Crippen LogP contribution in [0.4, 0.5) is 4.79 Å². The van der Waals surface area contributed by atoms with Crippen molar-refractivity contribution in [3.8, 4) is 0 Å². The van der Waals surface area contributed by atoms with Crippen LogP contribution in [0.25, 0.3) is 0 Å². The molecule has 118 valence electrons. The molecule has 1 fully saturated rings. The third-order valence-electron chi connectivity index (χ3n) is 2.87. The number of morpholine rings is 1. The summed E-state index contributed by atoms with van der Waals surface area (Å²) in [7, 11) is 0. The molecule has 0 saturated carbocycles. The molecule has 1 N–H and O–H groups in total. The molecule has 1 heterocycles. The Morgan fingerprint density at radius 1 is 1.50 bits per heavy atom. The monoisotopic (exact) mass is 289 g/mol. The van der Waals surface area contributed by atoms with E-state index in [4.69, 9.17) is 14.2 Å². The van der Waals surface area contributed by atoms with Crippen LogP contribution >= 0.6 is 0 Å². The highest BCUT2D eigenvalue weighted by Gasteiger charge is 2.35. The van der Waals surface area contributed by atoms with E-state index in [9.17, 15) is 9.90 Å². The SMILES string of the molecule is CCCOCC(O)C1COCCN1C(=O)OC(C)(C)C. The quantitative estimate of drug-likeness (QED) is 0.775. The lowest BCUT2D eigenvalue weighted by Gasteiger charge is -2.38. The van der Waals surface area contributed by atoms with Gasteiger partial charge in [-0.1, -0.05) is 6.92 Å². The van der Waals surface area contributed by atoms with E-state index in [-0.39, 0.29) is 6.61 Å². The average molecular weight is 289 g/mol. The molecule has 1 amide bonds. The number of nitrogens with zero attached hydrogens (tertiary/aromatic N) is 1. The molecule has 1 aliphatic heterocycles. The molecule has 0 aromatic rings. The molecule has 6 nitrogen and oxygen atoms in total. The molecule has 0 bridgehead atoms. The minimum atomic E-state index is -0.769. The highest BCUT2D eigenvalue weighted by atomic mass is 16.6. The lowest BCUT2D eigenvalue weighted by Crippen LogP contribution is -2.56. The molecule has 2 unspecified atom stereocenters. The second-order valence-corrected chi connectivity index (χ2v) is 5.96. The zero-order valence-corrected chi connectivity index (χ0v) is 12.9. The maximum atomic E-state index is 12.2. The predicted octanol–water partition coefficient (Wildman–Crippen LogP) is 1.41. The van der Waals surface area contributed by atoms with Gasteiger partial charge in [-0.2, -0.15) is 0 Å². The van der Waals surface area contributed by atoms with Crippen molar-refractivity contribution in [3.05, 3.63) is 0 Å². The van der Waals surface area contributed by atoms with Gasteiger partial charge in [0.1, 0.15) is 11.7 Å². The smallest absolute Gasteiger partial charge is 0.410 e. The van der Waals surface area contributed by atoms with Crippen LogP contribution in [0.1, 0.15) is 34.1 Å². The number of hydrogen-bond donors (Lipinski definition) is 1. The van der Waals surface area contributed by atoms with Crippen molar-refractivity contribution in [1.29, 1.82) is 0 Å². The first kappa shape index (κ1) is 17.2. The summed E-state index contributed by atoms with van der Waals surface area (Å²) in [6.07, 6.45) is -0.293. The van der Waals surface area contributed by atoms with Crippen LogP contribution in [0, 0.1) is 0 Å². The zero-order valence-electron chi connectivity index (χ0n) is 12.9. The number of aliphatic hydroxyl groups excluding tert-OH is 1. The first-order valence-corrected chi connectivity index (χ1v) is 7.18. The van der Waals surface area contributed by atoms with E-state index >= 15 is 0 Å². The first-order valence-electron chi connectivity index (χ1n) is 7.18. The molecule has 0 radical (unpaired) electrons. The van der Waals surface area contributed by atoms with E-state index in [0.717, 1.165) is 6.42 Å².